The van der Waals surface area contributed by atoms with E-state index in [1.54, 1.807) is 0 Å². The number of aliphatic hydroxyl groups is 1. The SMILES string of the molecule is CCC(NC(C)(C)CO)C(=O)c1ccc2c(c1)CCN2. The van der Waals surface area contributed by atoms with E-state index in [1.807, 2.05) is 39.0 Å². The maximum absolute atomic E-state index is 12.6. The molecule has 1 atom stereocenters. The first-order chi connectivity index (χ1) is 9.46. The van der Waals surface area contributed by atoms with Gasteiger partial charge in [-0.3, -0.25) is 10.1 Å². The quantitative estimate of drug-likeness (QED) is 0.695. The molecule has 0 bridgehead atoms. The first kappa shape index (κ1) is 15.0. The average molecular weight is 276 g/mol. The summed E-state index contributed by atoms with van der Waals surface area (Å²) < 4.78 is 0. The van der Waals surface area contributed by atoms with E-state index < -0.39 is 5.54 Å². The molecule has 1 aliphatic heterocycles. The molecule has 1 aromatic rings. The molecule has 0 aromatic heterocycles. The third-order valence-electron chi connectivity index (χ3n) is 3.78. The first-order valence-corrected chi connectivity index (χ1v) is 7.26. The van der Waals surface area contributed by atoms with Crippen LogP contribution in [0.2, 0.25) is 0 Å². The minimum absolute atomic E-state index is 0.00485. The lowest BCUT2D eigenvalue weighted by Gasteiger charge is -2.29. The number of aliphatic hydroxyl groups excluding tert-OH is 1. The van der Waals surface area contributed by atoms with Crippen LogP contribution in [0.3, 0.4) is 0 Å². The van der Waals surface area contributed by atoms with Crippen LogP contribution in [0.4, 0.5) is 5.69 Å². The number of anilines is 1. The fraction of sp³-hybridized carbons (Fsp3) is 0.562. The van der Waals surface area contributed by atoms with Gasteiger partial charge in [0.25, 0.3) is 0 Å². The number of carbonyl (C=O) groups excluding carboxylic acids is 1. The summed E-state index contributed by atoms with van der Waals surface area (Å²) in [6.07, 6.45) is 1.68. The van der Waals surface area contributed by atoms with Gasteiger partial charge in [0.1, 0.15) is 0 Å². The van der Waals surface area contributed by atoms with Gasteiger partial charge in [-0.15, -0.1) is 0 Å². The van der Waals surface area contributed by atoms with Crippen LogP contribution in [0.15, 0.2) is 18.2 Å². The van der Waals surface area contributed by atoms with Crippen molar-refractivity contribution in [3.8, 4) is 0 Å². The Morgan fingerprint density at radius 2 is 2.25 bits per heavy atom. The minimum Gasteiger partial charge on any atom is -0.394 e. The highest BCUT2D eigenvalue weighted by molar-refractivity contribution is 6.00. The predicted molar refractivity (Wildman–Crippen MR) is 81.3 cm³/mol. The smallest absolute Gasteiger partial charge is 0.179 e. The van der Waals surface area contributed by atoms with Crippen LogP contribution in [-0.4, -0.2) is 35.6 Å². The van der Waals surface area contributed by atoms with E-state index >= 15 is 0 Å². The van der Waals surface area contributed by atoms with Gasteiger partial charge >= 0.3 is 0 Å². The molecule has 0 spiro atoms. The van der Waals surface area contributed by atoms with Crippen LogP contribution in [0.25, 0.3) is 0 Å². The van der Waals surface area contributed by atoms with Gasteiger partial charge in [0, 0.05) is 23.3 Å². The molecule has 1 heterocycles. The Morgan fingerprint density at radius 1 is 1.50 bits per heavy atom. The number of fused-ring (bicyclic) bond motifs is 1. The van der Waals surface area contributed by atoms with Gasteiger partial charge in [-0.2, -0.15) is 0 Å². The summed E-state index contributed by atoms with van der Waals surface area (Å²) in [4.78, 5) is 12.6. The summed E-state index contributed by atoms with van der Waals surface area (Å²) in [5, 5.41) is 15.9. The Hall–Kier alpha value is -1.39. The molecule has 4 nitrogen and oxygen atoms in total. The summed E-state index contributed by atoms with van der Waals surface area (Å²) in [5.74, 6) is 0.101. The Balaban J connectivity index is 2.16. The Bertz CT molecular complexity index is 497. The van der Waals surface area contributed by atoms with Crippen molar-refractivity contribution in [1.29, 1.82) is 0 Å². The molecule has 0 aliphatic carbocycles. The summed E-state index contributed by atoms with van der Waals surface area (Å²) >= 11 is 0. The Kier molecular flexibility index (Phi) is 4.45. The van der Waals surface area contributed by atoms with Crippen molar-refractivity contribution in [2.75, 3.05) is 18.5 Å². The van der Waals surface area contributed by atoms with Crippen molar-refractivity contribution in [1.82, 2.24) is 5.32 Å². The zero-order chi connectivity index (χ0) is 14.8. The van der Waals surface area contributed by atoms with Crippen molar-refractivity contribution in [3.05, 3.63) is 29.3 Å². The van der Waals surface area contributed by atoms with Crippen LogP contribution < -0.4 is 10.6 Å². The van der Waals surface area contributed by atoms with E-state index in [1.165, 1.54) is 5.56 Å². The molecule has 0 amide bonds. The molecule has 2 rings (SSSR count). The Labute approximate surface area is 120 Å². The molecule has 0 saturated heterocycles. The van der Waals surface area contributed by atoms with Gasteiger partial charge in [-0.1, -0.05) is 6.92 Å². The van der Waals surface area contributed by atoms with E-state index in [-0.39, 0.29) is 18.4 Å². The van der Waals surface area contributed by atoms with Gasteiger partial charge < -0.3 is 10.4 Å². The second-order valence-corrected chi connectivity index (χ2v) is 6.06. The largest absolute Gasteiger partial charge is 0.394 e. The molecule has 1 aliphatic rings. The van der Waals surface area contributed by atoms with Crippen molar-refractivity contribution in [3.63, 3.8) is 0 Å². The summed E-state index contributed by atoms with van der Waals surface area (Å²) in [6.45, 7) is 6.73. The lowest BCUT2D eigenvalue weighted by molar-refractivity contribution is 0.0896. The molecule has 0 fully saturated rings. The number of carbonyl (C=O) groups is 1. The lowest BCUT2D eigenvalue weighted by Crippen LogP contribution is -2.51. The summed E-state index contributed by atoms with van der Waals surface area (Å²) in [5.41, 5.74) is 2.65. The first-order valence-electron chi connectivity index (χ1n) is 7.26. The monoisotopic (exact) mass is 276 g/mol. The topological polar surface area (TPSA) is 61.4 Å². The molecule has 0 radical (unpaired) electrons. The van der Waals surface area contributed by atoms with Gasteiger partial charge in [0.05, 0.1) is 12.6 Å². The van der Waals surface area contributed by atoms with Crippen molar-refractivity contribution < 1.29 is 9.90 Å². The standard InChI is InChI=1S/C16H24N2O2/c1-4-13(18-16(2,3)10-19)15(20)12-5-6-14-11(9-12)7-8-17-14/h5-6,9,13,17-19H,4,7-8,10H2,1-3H3. The van der Waals surface area contributed by atoms with E-state index in [4.69, 9.17) is 0 Å². The molecule has 1 aromatic carbocycles. The summed E-state index contributed by atoms with van der Waals surface area (Å²) in [6, 6.07) is 5.60. The van der Waals surface area contributed by atoms with Gasteiger partial charge in [0.2, 0.25) is 0 Å². The molecule has 3 N–H and O–H groups in total. The maximum atomic E-state index is 12.6. The fourth-order valence-corrected chi connectivity index (χ4v) is 2.53. The van der Waals surface area contributed by atoms with Crippen molar-refractivity contribution >= 4 is 11.5 Å². The number of rotatable bonds is 6. The third-order valence-corrected chi connectivity index (χ3v) is 3.78. The van der Waals surface area contributed by atoms with Crippen LogP contribution in [0, 0.1) is 0 Å². The lowest BCUT2D eigenvalue weighted by atomic mass is 9.96. The molecular weight excluding hydrogens is 252 g/mol. The normalized spacial score (nSPS) is 15.6. The number of ketones is 1. The third kappa shape index (κ3) is 3.19. The Morgan fingerprint density at radius 3 is 2.90 bits per heavy atom. The highest BCUT2D eigenvalue weighted by Gasteiger charge is 2.26. The maximum Gasteiger partial charge on any atom is 0.179 e. The van der Waals surface area contributed by atoms with E-state index in [0.29, 0.717) is 6.42 Å². The molecule has 110 valence electrons. The fourth-order valence-electron chi connectivity index (χ4n) is 2.53. The zero-order valence-electron chi connectivity index (χ0n) is 12.5. The second kappa shape index (κ2) is 5.94. The number of Topliss-reactive ketones (excluding diaryl/α,β-unsaturated/α-hetero) is 1. The molecule has 1 unspecified atom stereocenters. The van der Waals surface area contributed by atoms with Gasteiger partial charge in [-0.25, -0.2) is 0 Å². The van der Waals surface area contributed by atoms with E-state index in [0.717, 1.165) is 24.2 Å². The highest BCUT2D eigenvalue weighted by Crippen LogP contribution is 2.24. The molecule has 4 heteroatoms. The van der Waals surface area contributed by atoms with Gasteiger partial charge in [-0.05, 0) is 50.5 Å². The predicted octanol–water partition coefficient (Wildman–Crippen LogP) is 1.98. The van der Waals surface area contributed by atoms with Crippen molar-refractivity contribution in [2.24, 2.45) is 0 Å². The number of hydrogen-bond donors (Lipinski definition) is 3. The van der Waals surface area contributed by atoms with Crippen LogP contribution in [0.5, 0.6) is 0 Å². The zero-order valence-corrected chi connectivity index (χ0v) is 12.5. The molecular formula is C16H24N2O2. The van der Waals surface area contributed by atoms with Crippen LogP contribution >= 0.6 is 0 Å². The number of nitrogens with one attached hydrogen (secondary N) is 2. The molecule has 20 heavy (non-hydrogen) atoms. The minimum atomic E-state index is -0.450. The van der Waals surface area contributed by atoms with Crippen LogP contribution in [0.1, 0.15) is 43.1 Å². The van der Waals surface area contributed by atoms with Gasteiger partial charge in [0.15, 0.2) is 5.78 Å². The average Bonchev–Trinajstić information content (AvgIpc) is 2.91. The number of hydrogen-bond acceptors (Lipinski definition) is 4. The summed E-state index contributed by atoms with van der Waals surface area (Å²) in [7, 11) is 0. The van der Waals surface area contributed by atoms with Crippen molar-refractivity contribution in [2.45, 2.75) is 45.2 Å². The van der Waals surface area contributed by atoms with E-state index in [2.05, 4.69) is 10.6 Å². The highest BCUT2D eigenvalue weighted by atomic mass is 16.3. The van der Waals surface area contributed by atoms with E-state index in [9.17, 15) is 9.90 Å². The molecule has 0 saturated carbocycles. The number of benzene rings is 1. The van der Waals surface area contributed by atoms with Crippen LogP contribution in [-0.2, 0) is 6.42 Å². The second-order valence-electron chi connectivity index (χ2n) is 6.06.